The number of phenolic OH excluding ortho intramolecular Hbond substituents is 1. The summed E-state index contributed by atoms with van der Waals surface area (Å²) in [4.78, 5) is 0. The molecule has 0 heterocycles. The molecule has 0 atom stereocenters. The maximum Gasteiger partial charge on any atom is 0.196 e. The Morgan fingerprint density at radius 2 is 1.90 bits per heavy atom. The zero-order valence-corrected chi connectivity index (χ0v) is 11.6. The average Bonchev–Trinajstić information content (AvgIpc) is 2.47. The Balaban J connectivity index is 2.25. The van der Waals surface area contributed by atoms with Crippen molar-refractivity contribution >= 4 is 17.3 Å². The average molecular weight is 318 g/mol. The van der Waals surface area contributed by atoms with Crippen molar-refractivity contribution in [2.75, 3.05) is 12.4 Å². The summed E-state index contributed by atoms with van der Waals surface area (Å²) in [6.07, 6.45) is 0. The Morgan fingerprint density at radius 1 is 1.19 bits per heavy atom. The number of hydrogen-bond donors (Lipinski definition) is 2. The van der Waals surface area contributed by atoms with Crippen molar-refractivity contribution in [3.63, 3.8) is 0 Å². The predicted molar refractivity (Wildman–Crippen MR) is 73.3 cm³/mol. The van der Waals surface area contributed by atoms with E-state index in [0.717, 1.165) is 12.1 Å². The van der Waals surface area contributed by atoms with E-state index in [1.54, 1.807) is 0 Å². The molecule has 0 spiro atoms. The van der Waals surface area contributed by atoms with Gasteiger partial charge in [0.2, 0.25) is 0 Å². The van der Waals surface area contributed by atoms with E-state index in [-0.39, 0.29) is 23.7 Å². The van der Waals surface area contributed by atoms with Gasteiger partial charge in [0.1, 0.15) is 0 Å². The van der Waals surface area contributed by atoms with E-state index in [4.69, 9.17) is 16.3 Å². The van der Waals surface area contributed by atoms with Crippen LogP contribution in [0.4, 0.5) is 18.9 Å². The van der Waals surface area contributed by atoms with Crippen molar-refractivity contribution in [3.8, 4) is 11.5 Å². The Bertz CT molecular complexity index is 680. The van der Waals surface area contributed by atoms with Gasteiger partial charge >= 0.3 is 0 Å². The summed E-state index contributed by atoms with van der Waals surface area (Å²) in [5.74, 6) is -4.18. The topological polar surface area (TPSA) is 41.5 Å². The van der Waals surface area contributed by atoms with Crippen LogP contribution in [-0.2, 0) is 6.54 Å². The van der Waals surface area contributed by atoms with Gasteiger partial charge in [0, 0.05) is 23.2 Å². The zero-order valence-electron chi connectivity index (χ0n) is 10.9. The van der Waals surface area contributed by atoms with E-state index >= 15 is 0 Å². The van der Waals surface area contributed by atoms with Crippen LogP contribution in [0.5, 0.6) is 11.5 Å². The second-order valence-corrected chi connectivity index (χ2v) is 4.63. The molecule has 0 aliphatic heterocycles. The van der Waals surface area contributed by atoms with Crippen LogP contribution >= 0.6 is 11.6 Å². The second kappa shape index (κ2) is 6.13. The van der Waals surface area contributed by atoms with E-state index in [1.165, 1.54) is 19.2 Å². The second-order valence-electron chi connectivity index (χ2n) is 4.19. The lowest BCUT2D eigenvalue weighted by Gasteiger charge is -2.12. The van der Waals surface area contributed by atoms with Crippen LogP contribution in [0.25, 0.3) is 0 Å². The zero-order chi connectivity index (χ0) is 15.6. The molecule has 2 rings (SSSR count). The minimum Gasteiger partial charge on any atom is -0.504 e. The van der Waals surface area contributed by atoms with Crippen molar-refractivity contribution in [3.05, 3.63) is 52.3 Å². The fourth-order valence-electron chi connectivity index (χ4n) is 1.77. The highest BCUT2D eigenvalue weighted by atomic mass is 35.5. The van der Waals surface area contributed by atoms with Gasteiger partial charge in [-0.05, 0) is 18.2 Å². The number of aromatic hydroxyl groups is 1. The summed E-state index contributed by atoms with van der Waals surface area (Å²) in [5.41, 5.74) is 0.0933. The molecule has 0 unspecified atom stereocenters. The lowest BCUT2D eigenvalue weighted by Crippen LogP contribution is -2.04. The predicted octanol–water partition coefficient (Wildman–Crippen LogP) is 4.08. The highest BCUT2D eigenvalue weighted by Crippen LogP contribution is 2.34. The molecule has 7 heteroatoms. The molecule has 0 aliphatic rings. The van der Waals surface area contributed by atoms with Gasteiger partial charge in [0.05, 0.1) is 12.8 Å². The Kier molecular flexibility index (Phi) is 4.47. The third kappa shape index (κ3) is 3.16. The van der Waals surface area contributed by atoms with Crippen LogP contribution in [0.2, 0.25) is 5.02 Å². The van der Waals surface area contributed by atoms with E-state index in [0.29, 0.717) is 10.6 Å². The molecule has 2 aromatic carbocycles. The van der Waals surface area contributed by atoms with Crippen LogP contribution in [0.15, 0.2) is 24.3 Å². The minimum atomic E-state index is -1.56. The Hall–Kier alpha value is -2.08. The third-order valence-corrected chi connectivity index (χ3v) is 3.06. The van der Waals surface area contributed by atoms with Gasteiger partial charge in [0.25, 0.3) is 0 Å². The first-order valence-electron chi connectivity index (χ1n) is 5.86. The van der Waals surface area contributed by atoms with Gasteiger partial charge in [0.15, 0.2) is 29.0 Å². The van der Waals surface area contributed by atoms with Crippen LogP contribution in [0, 0.1) is 17.5 Å². The molecule has 0 amide bonds. The van der Waals surface area contributed by atoms with E-state index in [2.05, 4.69) is 5.32 Å². The number of rotatable bonds is 4. The number of hydrogen-bond acceptors (Lipinski definition) is 3. The number of nitrogens with one attached hydrogen (secondary N) is 1. The smallest absolute Gasteiger partial charge is 0.196 e. The van der Waals surface area contributed by atoms with Gasteiger partial charge in [-0.25, -0.2) is 13.2 Å². The van der Waals surface area contributed by atoms with E-state index in [1.807, 2.05) is 0 Å². The first-order chi connectivity index (χ1) is 9.93. The number of anilines is 1. The maximum atomic E-state index is 13.5. The molecule has 21 heavy (non-hydrogen) atoms. The van der Waals surface area contributed by atoms with Gasteiger partial charge in [-0.2, -0.15) is 0 Å². The third-order valence-electron chi connectivity index (χ3n) is 2.84. The van der Waals surface area contributed by atoms with Gasteiger partial charge < -0.3 is 15.2 Å². The molecule has 112 valence electrons. The van der Waals surface area contributed by atoms with Gasteiger partial charge in [-0.15, -0.1) is 0 Å². The highest BCUT2D eigenvalue weighted by Gasteiger charge is 2.15. The molecule has 0 aromatic heterocycles. The van der Waals surface area contributed by atoms with Crippen molar-refractivity contribution in [1.82, 2.24) is 0 Å². The highest BCUT2D eigenvalue weighted by molar-refractivity contribution is 6.30. The molecule has 3 nitrogen and oxygen atoms in total. The Morgan fingerprint density at radius 3 is 2.57 bits per heavy atom. The summed E-state index contributed by atoms with van der Waals surface area (Å²) < 4.78 is 44.4. The fraction of sp³-hybridized carbons (Fsp3) is 0.143. The number of phenols is 1. The fourth-order valence-corrected chi connectivity index (χ4v) is 2.00. The monoisotopic (exact) mass is 317 g/mol. The molecular weight excluding hydrogens is 307 g/mol. The normalized spacial score (nSPS) is 10.5. The lowest BCUT2D eigenvalue weighted by atomic mass is 10.1. The molecule has 0 fully saturated rings. The number of methoxy groups -OCH3 is 1. The first-order valence-corrected chi connectivity index (χ1v) is 6.24. The molecule has 2 N–H and O–H groups in total. The SMILES string of the molecule is COc1cc(Cl)cc(CNc2ccc(F)c(F)c2F)c1O. The Labute approximate surface area is 123 Å². The van der Waals surface area contributed by atoms with Crippen LogP contribution in [-0.4, -0.2) is 12.2 Å². The standard InChI is InChI=1S/C14H11ClF3NO2/c1-21-11-5-8(15)4-7(14(11)20)6-19-10-3-2-9(16)12(17)13(10)18/h2-5,19-20H,6H2,1H3. The molecule has 0 aliphatic carbocycles. The number of benzene rings is 2. The van der Waals surface area contributed by atoms with Gasteiger partial charge in [-0.1, -0.05) is 11.6 Å². The van der Waals surface area contributed by atoms with E-state index in [9.17, 15) is 18.3 Å². The van der Waals surface area contributed by atoms with E-state index < -0.39 is 17.5 Å². The van der Waals surface area contributed by atoms with Crippen LogP contribution in [0.1, 0.15) is 5.56 Å². The molecule has 0 saturated carbocycles. The first kappa shape index (κ1) is 15.3. The van der Waals surface area contributed by atoms with Crippen molar-refractivity contribution < 1.29 is 23.0 Å². The quantitative estimate of drug-likeness (QED) is 0.835. The molecule has 0 saturated heterocycles. The summed E-state index contributed by atoms with van der Waals surface area (Å²) in [5, 5.41) is 12.8. The summed E-state index contributed by atoms with van der Waals surface area (Å²) in [7, 11) is 1.36. The number of ether oxygens (including phenoxy) is 1. The van der Waals surface area contributed by atoms with Crippen molar-refractivity contribution in [2.45, 2.75) is 6.54 Å². The minimum absolute atomic E-state index is 0.0508. The molecule has 0 radical (unpaired) electrons. The summed E-state index contributed by atoms with van der Waals surface area (Å²) in [6, 6.07) is 4.73. The van der Waals surface area contributed by atoms with Crippen LogP contribution < -0.4 is 10.1 Å². The summed E-state index contributed by atoms with van der Waals surface area (Å²) >= 11 is 5.86. The molecular formula is C14H11ClF3NO2. The van der Waals surface area contributed by atoms with Crippen LogP contribution in [0.3, 0.4) is 0 Å². The molecule has 2 aromatic rings. The largest absolute Gasteiger partial charge is 0.504 e. The van der Waals surface area contributed by atoms with Crippen molar-refractivity contribution in [2.24, 2.45) is 0 Å². The lowest BCUT2D eigenvalue weighted by molar-refractivity contribution is 0.371. The maximum absolute atomic E-state index is 13.5. The number of halogens is 4. The van der Waals surface area contributed by atoms with Gasteiger partial charge in [-0.3, -0.25) is 0 Å². The van der Waals surface area contributed by atoms with Crippen molar-refractivity contribution in [1.29, 1.82) is 0 Å². The molecule has 0 bridgehead atoms. The summed E-state index contributed by atoms with van der Waals surface area (Å²) in [6.45, 7) is -0.0508.